The van der Waals surface area contributed by atoms with Gasteiger partial charge in [-0.15, -0.1) is 11.3 Å². The summed E-state index contributed by atoms with van der Waals surface area (Å²) in [5.74, 6) is -0.441. The molecule has 45 heavy (non-hydrogen) atoms. The van der Waals surface area contributed by atoms with Gasteiger partial charge < -0.3 is 19.9 Å². The van der Waals surface area contributed by atoms with Crippen LogP contribution in [0.25, 0.3) is 21.1 Å². The number of benzene rings is 1. The molecule has 0 bridgehead atoms. The Morgan fingerprint density at radius 2 is 1.96 bits per heavy atom. The number of carbonyl (C=O) groups is 2. The standard InChI is InChI=1S/C34H43N7O3S/c1-21-8-10-27(22-9-11-28-25(15-22)38-32(45-28)23-12-13-39(4)34(2,3)16-23)40(20-21)33(43)31(42)37-26-19-35-17-24-18-36-41(30(24)26)29-7-5-6-14-44-29/h9,11,15,17-19,21,23,27,29H,5-8,10,12-14,16,20H2,1-4H3,(H,37,42)/t21-,23+,27+,29?/m0/s1. The minimum atomic E-state index is -0.664. The lowest BCUT2D eigenvalue weighted by Gasteiger charge is -2.43. The summed E-state index contributed by atoms with van der Waals surface area (Å²) in [7, 11) is 2.21. The van der Waals surface area contributed by atoms with Gasteiger partial charge in [0.15, 0.2) is 6.23 Å². The molecule has 1 aromatic carbocycles. The van der Waals surface area contributed by atoms with Crippen molar-refractivity contribution in [1.29, 1.82) is 0 Å². The lowest BCUT2D eigenvalue weighted by Crippen LogP contribution is -2.46. The number of aromatic nitrogens is 4. The molecular weight excluding hydrogens is 586 g/mol. The first-order valence-electron chi connectivity index (χ1n) is 16.3. The van der Waals surface area contributed by atoms with Crippen LogP contribution in [0.2, 0.25) is 0 Å². The molecule has 3 saturated heterocycles. The van der Waals surface area contributed by atoms with E-state index in [1.54, 1.807) is 34.8 Å². The van der Waals surface area contributed by atoms with Crippen molar-refractivity contribution in [2.75, 3.05) is 32.1 Å². The molecule has 4 atom stereocenters. The van der Waals surface area contributed by atoms with E-state index in [9.17, 15) is 9.59 Å². The third-order valence-corrected chi connectivity index (χ3v) is 11.4. The van der Waals surface area contributed by atoms with E-state index in [0.29, 0.717) is 30.7 Å². The number of anilines is 1. The molecule has 2 amide bonds. The number of rotatable bonds is 4. The minimum absolute atomic E-state index is 0.150. The van der Waals surface area contributed by atoms with Gasteiger partial charge in [-0.25, -0.2) is 9.67 Å². The number of piperidine rings is 2. The topological polar surface area (TPSA) is 105 Å². The SMILES string of the molecule is C[C@H]1CC[C@H](c2ccc3sc([C@@H]4CCN(C)C(C)(C)C4)nc3c2)N(C(=O)C(=O)Nc2cncc3cnn(C4CCCCO4)c23)C1. The number of hydrogen-bond donors (Lipinski definition) is 1. The summed E-state index contributed by atoms with van der Waals surface area (Å²) in [6, 6.07) is 6.22. The second kappa shape index (κ2) is 12.1. The van der Waals surface area contributed by atoms with E-state index >= 15 is 0 Å². The zero-order valence-electron chi connectivity index (χ0n) is 26.7. The molecule has 0 saturated carbocycles. The van der Waals surface area contributed by atoms with E-state index < -0.39 is 11.8 Å². The molecule has 11 heteroatoms. The van der Waals surface area contributed by atoms with Crippen molar-refractivity contribution < 1.29 is 14.3 Å². The van der Waals surface area contributed by atoms with E-state index in [-0.39, 0.29) is 17.8 Å². The number of fused-ring (bicyclic) bond motifs is 2. The predicted molar refractivity (Wildman–Crippen MR) is 176 cm³/mol. The summed E-state index contributed by atoms with van der Waals surface area (Å²) in [5, 5.41) is 9.43. The predicted octanol–water partition coefficient (Wildman–Crippen LogP) is 6.27. The van der Waals surface area contributed by atoms with Gasteiger partial charge >= 0.3 is 11.8 Å². The molecule has 1 unspecified atom stereocenters. The molecule has 4 aromatic rings. The van der Waals surface area contributed by atoms with Gasteiger partial charge in [-0.1, -0.05) is 13.0 Å². The Hall–Kier alpha value is -3.41. The quantitative estimate of drug-likeness (QED) is 0.266. The summed E-state index contributed by atoms with van der Waals surface area (Å²) in [6.45, 7) is 9.04. The Kier molecular flexibility index (Phi) is 8.12. The molecule has 238 valence electrons. The maximum Gasteiger partial charge on any atom is 0.314 e. The van der Waals surface area contributed by atoms with Crippen molar-refractivity contribution in [1.82, 2.24) is 29.5 Å². The van der Waals surface area contributed by atoms with Crippen LogP contribution >= 0.6 is 11.3 Å². The molecule has 10 nitrogen and oxygen atoms in total. The van der Waals surface area contributed by atoms with E-state index in [0.717, 1.165) is 73.5 Å². The number of amides is 2. The summed E-state index contributed by atoms with van der Waals surface area (Å²) in [4.78, 5) is 41.1. The van der Waals surface area contributed by atoms with Crippen LogP contribution in [0.15, 0.2) is 36.8 Å². The lowest BCUT2D eigenvalue weighted by atomic mass is 9.83. The van der Waals surface area contributed by atoms with Crippen LogP contribution in [0.3, 0.4) is 0 Å². The Labute approximate surface area is 268 Å². The minimum Gasteiger partial charge on any atom is -0.356 e. The summed E-state index contributed by atoms with van der Waals surface area (Å²) in [5.41, 5.74) is 3.35. The first-order valence-corrected chi connectivity index (χ1v) is 17.2. The van der Waals surface area contributed by atoms with Gasteiger partial charge in [0.2, 0.25) is 0 Å². The number of pyridine rings is 1. The molecule has 3 aromatic heterocycles. The third-order valence-electron chi connectivity index (χ3n) is 10.2. The summed E-state index contributed by atoms with van der Waals surface area (Å²) < 4.78 is 8.96. The fourth-order valence-electron chi connectivity index (χ4n) is 7.33. The highest BCUT2D eigenvalue weighted by Crippen LogP contribution is 2.41. The van der Waals surface area contributed by atoms with Crippen LogP contribution in [0.5, 0.6) is 0 Å². The molecular formula is C34H43N7O3S. The highest BCUT2D eigenvalue weighted by molar-refractivity contribution is 7.18. The molecule has 3 aliphatic heterocycles. The third kappa shape index (κ3) is 5.86. The van der Waals surface area contributed by atoms with Gasteiger partial charge in [0.1, 0.15) is 0 Å². The van der Waals surface area contributed by atoms with Crippen LogP contribution in [0.1, 0.15) is 94.5 Å². The summed E-state index contributed by atoms with van der Waals surface area (Å²) >= 11 is 1.79. The molecule has 3 aliphatic rings. The van der Waals surface area contributed by atoms with Crippen LogP contribution in [-0.2, 0) is 14.3 Å². The lowest BCUT2D eigenvalue weighted by molar-refractivity contribution is -0.146. The van der Waals surface area contributed by atoms with E-state index in [1.165, 1.54) is 9.71 Å². The van der Waals surface area contributed by atoms with Crippen LogP contribution in [0, 0.1) is 5.92 Å². The maximum atomic E-state index is 13.9. The van der Waals surface area contributed by atoms with Crippen LogP contribution in [0.4, 0.5) is 5.69 Å². The van der Waals surface area contributed by atoms with Crippen molar-refractivity contribution in [2.45, 2.75) is 89.4 Å². The van der Waals surface area contributed by atoms with Crippen molar-refractivity contribution in [3.8, 4) is 0 Å². The van der Waals surface area contributed by atoms with Gasteiger partial charge in [0.05, 0.1) is 44.9 Å². The van der Waals surface area contributed by atoms with Gasteiger partial charge in [-0.3, -0.25) is 14.6 Å². The number of ether oxygens (including phenoxy) is 1. The van der Waals surface area contributed by atoms with Crippen molar-refractivity contribution >= 4 is 50.0 Å². The number of nitrogens with zero attached hydrogens (tertiary/aromatic N) is 6. The maximum absolute atomic E-state index is 13.9. The molecule has 6 heterocycles. The van der Waals surface area contributed by atoms with Gasteiger partial charge in [-0.05, 0) is 96.0 Å². The average molecular weight is 630 g/mol. The monoisotopic (exact) mass is 629 g/mol. The number of hydrogen-bond acceptors (Lipinski definition) is 8. The first kappa shape index (κ1) is 30.3. The fourth-order valence-corrected chi connectivity index (χ4v) is 8.41. The van der Waals surface area contributed by atoms with Crippen molar-refractivity contribution in [3.05, 3.63) is 47.4 Å². The smallest absolute Gasteiger partial charge is 0.314 e. The zero-order chi connectivity index (χ0) is 31.3. The number of thiazole rings is 1. The van der Waals surface area contributed by atoms with E-state index in [1.807, 2.05) is 4.68 Å². The highest BCUT2D eigenvalue weighted by Gasteiger charge is 2.36. The van der Waals surface area contributed by atoms with Crippen molar-refractivity contribution in [3.63, 3.8) is 0 Å². The Balaban J connectivity index is 1.13. The normalized spacial score (nSPS) is 25.9. The molecule has 0 radical (unpaired) electrons. The van der Waals surface area contributed by atoms with E-state index in [4.69, 9.17) is 9.72 Å². The summed E-state index contributed by atoms with van der Waals surface area (Å²) in [6.07, 6.45) is 11.7. The van der Waals surface area contributed by atoms with Crippen LogP contribution in [-0.4, -0.2) is 73.6 Å². The number of likely N-dealkylation sites (tertiary alicyclic amines) is 2. The van der Waals surface area contributed by atoms with Gasteiger partial charge in [-0.2, -0.15) is 5.10 Å². The molecule has 1 N–H and O–H groups in total. The van der Waals surface area contributed by atoms with Crippen LogP contribution < -0.4 is 5.32 Å². The molecule has 3 fully saturated rings. The first-order chi connectivity index (χ1) is 21.7. The zero-order valence-corrected chi connectivity index (χ0v) is 27.5. The fraction of sp³-hybridized carbons (Fsp3) is 0.559. The average Bonchev–Trinajstić information content (AvgIpc) is 3.67. The molecule has 7 rings (SSSR count). The van der Waals surface area contributed by atoms with Crippen molar-refractivity contribution in [2.24, 2.45) is 5.92 Å². The Morgan fingerprint density at radius 3 is 2.76 bits per heavy atom. The number of carbonyl (C=O) groups excluding carboxylic acids is 2. The second-order valence-electron chi connectivity index (χ2n) is 13.8. The largest absolute Gasteiger partial charge is 0.356 e. The van der Waals surface area contributed by atoms with Gasteiger partial charge in [0, 0.05) is 36.2 Å². The second-order valence-corrected chi connectivity index (χ2v) is 14.9. The highest BCUT2D eigenvalue weighted by atomic mass is 32.1. The van der Waals surface area contributed by atoms with Gasteiger partial charge in [0.25, 0.3) is 0 Å². The Bertz CT molecular complexity index is 1730. The molecule has 0 aliphatic carbocycles. The molecule has 0 spiro atoms. The number of nitrogens with one attached hydrogen (secondary N) is 1. The van der Waals surface area contributed by atoms with E-state index in [2.05, 4.69) is 66.3 Å². The Morgan fingerprint density at radius 1 is 1.09 bits per heavy atom.